The van der Waals surface area contributed by atoms with Crippen LogP contribution in [0.25, 0.3) is 0 Å². The molecule has 3 N–H and O–H groups in total. The van der Waals surface area contributed by atoms with Gasteiger partial charge in [-0.05, 0) is 61.4 Å². The largest absolute Gasteiger partial charge is 0.508 e. The van der Waals surface area contributed by atoms with E-state index in [4.69, 9.17) is 4.74 Å². The number of aromatic hydroxyl groups is 2. The molecule has 6 nitrogen and oxygen atoms in total. The number of ether oxygens (including phenoxy) is 1. The number of alkyl halides is 5. The summed E-state index contributed by atoms with van der Waals surface area (Å²) in [4.78, 5) is 11.9. The molecule has 12 heteroatoms. The molecule has 1 aliphatic rings. The minimum absolute atomic E-state index is 0.00994. The van der Waals surface area contributed by atoms with E-state index in [2.05, 4.69) is 6.92 Å². The number of hydrogen-bond donors (Lipinski definition) is 3. The first-order chi connectivity index (χ1) is 20.1. The number of hydrogen-bond acceptors (Lipinski definition) is 5. The number of benzene rings is 2. The summed E-state index contributed by atoms with van der Waals surface area (Å²) in [5.74, 6) is -5.61. The topological polar surface area (TPSA) is 104 Å². The van der Waals surface area contributed by atoms with Crippen LogP contribution in [0.5, 0.6) is 17.2 Å². The van der Waals surface area contributed by atoms with E-state index < -0.39 is 53.0 Å². The zero-order valence-corrected chi connectivity index (χ0v) is 24.9. The van der Waals surface area contributed by atoms with Crippen molar-refractivity contribution in [2.75, 3.05) is 18.1 Å². The van der Waals surface area contributed by atoms with E-state index in [1.165, 1.54) is 0 Å². The average Bonchev–Trinajstić information content (AvgIpc) is 2.92. The van der Waals surface area contributed by atoms with Gasteiger partial charge >= 0.3 is 18.1 Å². The van der Waals surface area contributed by atoms with Crippen molar-refractivity contribution in [2.45, 2.75) is 88.1 Å². The van der Waals surface area contributed by atoms with Crippen LogP contribution in [0, 0.1) is 5.92 Å². The lowest BCUT2D eigenvalue weighted by molar-refractivity contribution is -0.284. The molecule has 43 heavy (non-hydrogen) atoms. The highest BCUT2D eigenvalue weighted by Crippen LogP contribution is 2.50. The molecule has 0 aliphatic carbocycles. The first-order valence-corrected chi connectivity index (χ1v) is 15.9. The number of carbonyl (C=O) groups is 1. The Labute approximate surface area is 250 Å². The summed E-state index contributed by atoms with van der Waals surface area (Å²) in [6.07, 6.45) is -3.79. The maximum absolute atomic E-state index is 13.0. The molecule has 4 atom stereocenters. The van der Waals surface area contributed by atoms with E-state index in [-0.39, 0.29) is 28.9 Å². The number of fused-ring (bicyclic) bond motifs is 1. The van der Waals surface area contributed by atoms with Crippen LogP contribution in [0.2, 0.25) is 0 Å². The molecule has 2 aromatic carbocycles. The quantitative estimate of drug-likeness (QED) is 0.129. The van der Waals surface area contributed by atoms with Crippen molar-refractivity contribution < 1.29 is 51.0 Å². The summed E-state index contributed by atoms with van der Waals surface area (Å²) in [6.45, 7) is 2.45. The Morgan fingerprint density at radius 3 is 2.19 bits per heavy atom. The minimum Gasteiger partial charge on any atom is -0.508 e. The molecular formula is C31H39F5O6S. The van der Waals surface area contributed by atoms with Crippen molar-refractivity contribution >= 4 is 16.8 Å². The van der Waals surface area contributed by atoms with Gasteiger partial charge in [0.25, 0.3) is 0 Å². The van der Waals surface area contributed by atoms with Crippen LogP contribution in [0.15, 0.2) is 42.5 Å². The first kappa shape index (κ1) is 34.6. The monoisotopic (exact) mass is 634 g/mol. The van der Waals surface area contributed by atoms with Gasteiger partial charge in [-0.3, -0.25) is 9.00 Å². The summed E-state index contributed by atoms with van der Waals surface area (Å²) >= 11 is 0. The van der Waals surface area contributed by atoms with Crippen LogP contribution in [0.3, 0.4) is 0 Å². The fourth-order valence-electron chi connectivity index (χ4n) is 5.69. The van der Waals surface area contributed by atoms with Crippen LogP contribution in [-0.2, 0) is 21.0 Å². The fourth-order valence-corrected chi connectivity index (χ4v) is 6.89. The lowest BCUT2D eigenvalue weighted by Gasteiger charge is -2.43. The molecular weight excluding hydrogens is 595 g/mol. The highest BCUT2D eigenvalue weighted by atomic mass is 32.2. The Morgan fingerprint density at radius 1 is 0.953 bits per heavy atom. The van der Waals surface area contributed by atoms with Crippen LogP contribution in [0.1, 0.15) is 81.8 Å². The van der Waals surface area contributed by atoms with Gasteiger partial charge in [-0.1, -0.05) is 44.4 Å². The van der Waals surface area contributed by atoms with Gasteiger partial charge in [0.05, 0.1) is 12.5 Å². The number of carboxylic acids is 1. The zero-order valence-electron chi connectivity index (χ0n) is 24.0. The molecule has 0 saturated heterocycles. The van der Waals surface area contributed by atoms with Crippen molar-refractivity contribution in [3.63, 3.8) is 0 Å². The van der Waals surface area contributed by atoms with E-state index in [0.29, 0.717) is 44.5 Å². The summed E-state index contributed by atoms with van der Waals surface area (Å²) in [7, 11) is -1.55. The number of phenolic OH excluding ortho intramolecular Hbond substituents is 2. The summed E-state index contributed by atoms with van der Waals surface area (Å²) < 4.78 is 80.8. The Bertz CT molecular complexity index is 1240. The third-order valence-corrected chi connectivity index (χ3v) is 9.78. The van der Waals surface area contributed by atoms with Crippen LogP contribution >= 0.6 is 0 Å². The smallest absolute Gasteiger partial charge is 0.453 e. The highest BCUT2D eigenvalue weighted by molar-refractivity contribution is 7.84. The second-order valence-corrected chi connectivity index (χ2v) is 13.2. The summed E-state index contributed by atoms with van der Waals surface area (Å²) in [5.41, 5.74) is 1.51. The normalized spacial score (nSPS) is 20.2. The van der Waals surface area contributed by atoms with E-state index in [1.807, 2.05) is 18.2 Å². The average molecular weight is 635 g/mol. The highest BCUT2D eigenvalue weighted by Gasteiger charge is 2.56. The fraction of sp³-hybridized carbons (Fsp3) is 0.581. The second kappa shape index (κ2) is 14.7. The number of carboxylic acid groups (broad SMARTS) is 1. The number of phenols is 2. The molecule has 0 bridgehead atoms. The van der Waals surface area contributed by atoms with Gasteiger partial charge in [-0.25, -0.2) is 0 Å². The Balaban J connectivity index is 1.49. The van der Waals surface area contributed by atoms with Gasteiger partial charge < -0.3 is 20.1 Å². The molecule has 0 aromatic heterocycles. The molecule has 1 heterocycles. The van der Waals surface area contributed by atoms with Crippen LogP contribution < -0.4 is 4.74 Å². The predicted octanol–water partition coefficient (Wildman–Crippen LogP) is 7.69. The minimum atomic E-state index is -5.62. The lowest BCUT2D eigenvalue weighted by Crippen LogP contribution is -2.40. The van der Waals surface area contributed by atoms with E-state index in [9.17, 15) is 46.3 Å². The molecule has 0 fully saturated rings. The maximum Gasteiger partial charge on any atom is 0.453 e. The summed E-state index contributed by atoms with van der Waals surface area (Å²) in [5, 5.41) is 29.4. The molecule has 3 rings (SSSR count). The molecule has 240 valence electrons. The van der Waals surface area contributed by atoms with E-state index in [0.717, 1.165) is 24.0 Å². The van der Waals surface area contributed by atoms with Crippen molar-refractivity contribution in [2.24, 2.45) is 5.92 Å². The van der Waals surface area contributed by atoms with E-state index in [1.54, 1.807) is 24.3 Å². The zero-order chi connectivity index (χ0) is 31.8. The van der Waals surface area contributed by atoms with Gasteiger partial charge in [-0.2, -0.15) is 22.0 Å². The van der Waals surface area contributed by atoms with E-state index >= 15 is 0 Å². The maximum atomic E-state index is 13.0. The van der Waals surface area contributed by atoms with Crippen LogP contribution in [0.4, 0.5) is 22.0 Å². The number of halogens is 5. The van der Waals surface area contributed by atoms with Gasteiger partial charge in [-0.15, -0.1) is 0 Å². The predicted molar refractivity (Wildman–Crippen MR) is 153 cm³/mol. The molecule has 2 aromatic rings. The first-order valence-electron chi connectivity index (χ1n) is 14.4. The molecule has 1 aliphatic heterocycles. The Morgan fingerprint density at radius 2 is 1.56 bits per heavy atom. The molecule has 0 radical (unpaired) electrons. The van der Waals surface area contributed by atoms with Crippen molar-refractivity contribution in [1.82, 2.24) is 0 Å². The third-order valence-electron chi connectivity index (χ3n) is 8.29. The molecule has 0 spiro atoms. The molecule has 0 saturated carbocycles. The van der Waals surface area contributed by atoms with Crippen LogP contribution in [-0.4, -0.2) is 55.7 Å². The number of aliphatic carboxylic acids is 1. The van der Waals surface area contributed by atoms with Gasteiger partial charge in [0.1, 0.15) is 17.2 Å². The molecule has 0 amide bonds. The summed E-state index contributed by atoms with van der Waals surface area (Å²) in [6, 6.07) is 12.0. The lowest BCUT2D eigenvalue weighted by atomic mass is 9.66. The van der Waals surface area contributed by atoms with Gasteiger partial charge in [0, 0.05) is 46.1 Å². The number of unbranched alkanes of at least 4 members (excludes halogenated alkanes) is 2. The van der Waals surface area contributed by atoms with Gasteiger partial charge in [0.2, 0.25) is 0 Å². The molecule has 2 unspecified atom stereocenters. The standard InChI is InChI=1S/C31H39F5O6S/c1-29(22-10-12-23(37)13-11-22)20-42-27-19-24(38)14-15-25(27)26(29)9-3-2-7-21(28(39)40)8-4-5-17-43(41)18-6-16-30(32,33)31(34,35)36/h10-15,19,21,26,37-38H,2-9,16-18,20H2,1H3,(H,39,40)/t21?,26-,29-,43?/m1/s1. The third kappa shape index (κ3) is 9.30. The van der Waals surface area contributed by atoms with Crippen molar-refractivity contribution in [3.8, 4) is 17.2 Å². The van der Waals surface area contributed by atoms with Crippen molar-refractivity contribution in [1.29, 1.82) is 0 Å². The Kier molecular flexibility index (Phi) is 11.8. The van der Waals surface area contributed by atoms with Gasteiger partial charge in [0.15, 0.2) is 0 Å². The SMILES string of the molecule is C[C@]1(c2ccc(O)cc2)COc2cc(O)ccc2[C@H]1CCCCC(CCCCS(=O)CCCC(F)(F)C(F)(F)F)C(=O)O. The Hall–Kier alpha value is -2.89. The van der Waals surface area contributed by atoms with Crippen molar-refractivity contribution in [3.05, 3.63) is 53.6 Å². The second-order valence-electron chi connectivity index (χ2n) is 11.5. The number of rotatable bonds is 16.